The molecule has 0 aliphatic heterocycles. The van der Waals surface area contributed by atoms with E-state index in [0.29, 0.717) is 12.2 Å². The van der Waals surface area contributed by atoms with Gasteiger partial charge in [-0.1, -0.05) is 6.92 Å². The number of aromatic nitrogens is 3. The topological polar surface area (TPSA) is 103 Å². The van der Waals surface area contributed by atoms with Gasteiger partial charge in [0.25, 0.3) is 10.0 Å². The Balaban J connectivity index is 2.29. The molecular formula is C11H15N5O2S. The zero-order valence-corrected chi connectivity index (χ0v) is 11.3. The van der Waals surface area contributed by atoms with E-state index in [-0.39, 0.29) is 10.7 Å². The van der Waals surface area contributed by atoms with Gasteiger partial charge in [0.15, 0.2) is 5.82 Å². The zero-order chi connectivity index (χ0) is 13.9. The Kier molecular flexibility index (Phi) is 3.70. The van der Waals surface area contributed by atoms with Crippen molar-refractivity contribution in [2.75, 3.05) is 10.5 Å². The lowest BCUT2D eigenvalue weighted by atomic mass is 10.4. The summed E-state index contributed by atoms with van der Waals surface area (Å²) in [6.45, 7) is 2.59. The van der Waals surface area contributed by atoms with Crippen molar-refractivity contribution in [3.63, 3.8) is 0 Å². The number of anilines is 2. The van der Waals surface area contributed by atoms with Gasteiger partial charge in [-0.15, -0.1) is 0 Å². The Morgan fingerprint density at radius 1 is 1.37 bits per heavy atom. The Morgan fingerprint density at radius 3 is 2.68 bits per heavy atom. The number of nitrogens with zero attached hydrogens (tertiary/aromatic N) is 3. The molecule has 0 aliphatic rings. The van der Waals surface area contributed by atoms with Crippen molar-refractivity contribution in [2.24, 2.45) is 0 Å². The van der Waals surface area contributed by atoms with Crippen LogP contribution in [-0.4, -0.2) is 23.2 Å². The highest BCUT2D eigenvalue weighted by Gasteiger charge is 2.21. The molecule has 0 amide bonds. The summed E-state index contributed by atoms with van der Waals surface area (Å²) in [6, 6.07) is 3.12. The Hall–Kier alpha value is -2.09. The molecule has 19 heavy (non-hydrogen) atoms. The SMILES string of the molecule is CCCn1cc(S(=O)(=O)Nc2ccncc2)c(N)n1. The van der Waals surface area contributed by atoms with Gasteiger partial charge in [0, 0.05) is 25.1 Å². The highest BCUT2D eigenvalue weighted by atomic mass is 32.2. The molecule has 0 spiro atoms. The van der Waals surface area contributed by atoms with Crippen molar-refractivity contribution in [3.8, 4) is 0 Å². The lowest BCUT2D eigenvalue weighted by Crippen LogP contribution is -2.13. The molecule has 0 atom stereocenters. The monoisotopic (exact) mass is 281 g/mol. The summed E-state index contributed by atoms with van der Waals surface area (Å²) in [5.41, 5.74) is 6.08. The number of pyridine rings is 1. The van der Waals surface area contributed by atoms with Crippen LogP contribution in [0.25, 0.3) is 0 Å². The van der Waals surface area contributed by atoms with Crippen LogP contribution in [0, 0.1) is 0 Å². The van der Waals surface area contributed by atoms with Crippen molar-refractivity contribution >= 4 is 21.5 Å². The van der Waals surface area contributed by atoms with E-state index in [1.54, 1.807) is 12.1 Å². The fourth-order valence-corrected chi connectivity index (χ4v) is 2.73. The number of aryl methyl sites for hydroxylation is 1. The molecule has 0 radical (unpaired) electrons. The van der Waals surface area contributed by atoms with E-state index in [0.717, 1.165) is 6.42 Å². The number of nitrogen functional groups attached to an aromatic ring is 1. The Bertz CT molecular complexity index is 651. The standard InChI is InChI=1S/C11H15N5O2S/c1-2-7-16-8-10(11(12)14-16)19(17,18)15-9-3-5-13-6-4-9/h3-6,8H,2,7H2,1H3,(H2,12,14)(H,13,15). The number of nitrogens with two attached hydrogens (primary N) is 1. The van der Waals surface area contributed by atoms with Gasteiger partial charge in [-0.25, -0.2) is 8.42 Å². The van der Waals surface area contributed by atoms with Gasteiger partial charge in [0.1, 0.15) is 4.90 Å². The van der Waals surface area contributed by atoms with Crippen LogP contribution in [0.4, 0.5) is 11.5 Å². The van der Waals surface area contributed by atoms with Crippen molar-refractivity contribution in [3.05, 3.63) is 30.7 Å². The third-order valence-corrected chi connectivity index (χ3v) is 3.83. The summed E-state index contributed by atoms with van der Waals surface area (Å²) in [5, 5.41) is 3.97. The maximum absolute atomic E-state index is 12.2. The van der Waals surface area contributed by atoms with Crippen LogP contribution in [0.5, 0.6) is 0 Å². The van der Waals surface area contributed by atoms with E-state index < -0.39 is 10.0 Å². The van der Waals surface area contributed by atoms with E-state index in [1.165, 1.54) is 23.3 Å². The van der Waals surface area contributed by atoms with E-state index >= 15 is 0 Å². The molecule has 0 bridgehead atoms. The molecule has 2 heterocycles. The molecule has 0 saturated heterocycles. The van der Waals surface area contributed by atoms with Crippen LogP contribution in [0.3, 0.4) is 0 Å². The van der Waals surface area contributed by atoms with E-state index in [1.807, 2.05) is 6.92 Å². The summed E-state index contributed by atoms with van der Waals surface area (Å²) in [4.78, 5) is 3.80. The van der Waals surface area contributed by atoms with Crippen LogP contribution < -0.4 is 10.5 Å². The average Bonchev–Trinajstić information content (AvgIpc) is 2.72. The van der Waals surface area contributed by atoms with E-state index in [9.17, 15) is 8.42 Å². The fraction of sp³-hybridized carbons (Fsp3) is 0.273. The summed E-state index contributed by atoms with van der Waals surface area (Å²) >= 11 is 0. The smallest absolute Gasteiger partial charge is 0.267 e. The molecular weight excluding hydrogens is 266 g/mol. The van der Waals surface area contributed by atoms with Gasteiger partial charge in [-0.2, -0.15) is 5.10 Å². The Morgan fingerprint density at radius 2 is 2.05 bits per heavy atom. The van der Waals surface area contributed by atoms with E-state index in [2.05, 4.69) is 14.8 Å². The Labute approximate surface area is 111 Å². The lowest BCUT2D eigenvalue weighted by molar-refractivity contribution is 0.595. The zero-order valence-electron chi connectivity index (χ0n) is 10.4. The summed E-state index contributed by atoms with van der Waals surface area (Å²) in [5.74, 6) is -0.00462. The van der Waals surface area contributed by atoms with Gasteiger partial charge in [0.2, 0.25) is 0 Å². The molecule has 0 unspecified atom stereocenters. The van der Waals surface area contributed by atoms with Crippen LogP contribution >= 0.6 is 0 Å². The normalized spacial score (nSPS) is 11.4. The molecule has 7 nitrogen and oxygen atoms in total. The predicted octanol–water partition coefficient (Wildman–Crippen LogP) is 1.07. The molecule has 0 aromatic carbocycles. The van der Waals surface area contributed by atoms with Crippen LogP contribution in [0.1, 0.15) is 13.3 Å². The largest absolute Gasteiger partial charge is 0.381 e. The predicted molar refractivity (Wildman–Crippen MR) is 72.0 cm³/mol. The molecule has 3 N–H and O–H groups in total. The molecule has 0 fully saturated rings. The molecule has 2 aromatic heterocycles. The highest BCUT2D eigenvalue weighted by Crippen LogP contribution is 2.20. The molecule has 102 valence electrons. The van der Waals surface area contributed by atoms with Crippen molar-refractivity contribution in [1.29, 1.82) is 0 Å². The number of sulfonamides is 1. The minimum atomic E-state index is -3.73. The quantitative estimate of drug-likeness (QED) is 0.853. The van der Waals surface area contributed by atoms with Crippen molar-refractivity contribution in [1.82, 2.24) is 14.8 Å². The van der Waals surface area contributed by atoms with Crippen molar-refractivity contribution < 1.29 is 8.42 Å². The third kappa shape index (κ3) is 3.02. The number of nitrogens with one attached hydrogen (secondary N) is 1. The van der Waals surface area contributed by atoms with Crippen LogP contribution in [-0.2, 0) is 16.6 Å². The first-order valence-corrected chi connectivity index (χ1v) is 7.27. The second-order valence-electron chi connectivity index (χ2n) is 3.98. The second kappa shape index (κ2) is 5.27. The molecule has 8 heteroatoms. The summed E-state index contributed by atoms with van der Waals surface area (Å²) in [6.07, 6.45) is 5.28. The molecule has 2 rings (SSSR count). The fourth-order valence-electron chi connectivity index (χ4n) is 1.60. The molecule has 0 aliphatic carbocycles. The van der Waals surface area contributed by atoms with Crippen LogP contribution in [0.2, 0.25) is 0 Å². The minimum Gasteiger partial charge on any atom is -0.381 e. The first kappa shape index (κ1) is 13.3. The minimum absolute atomic E-state index is 0.00462. The van der Waals surface area contributed by atoms with Gasteiger partial charge in [0.05, 0.1) is 5.69 Å². The molecule has 0 saturated carbocycles. The van der Waals surface area contributed by atoms with Gasteiger partial charge >= 0.3 is 0 Å². The number of hydrogen-bond donors (Lipinski definition) is 2. The molecule has 2 aromatic rings. The number of rotatable bonds is 5. The van der Waals surface area contributed by atoms with Crippen molar-refractivity contribution in [2.45, 2.75) is 24.8 Å². The maximum atomic E-state index is 12.2. The van der Waals surface area contributed by atoms with Gasteiger partial charge in [-0.05, 0) is 18.6 Å². The van der Waals surface area contributed by atoms with Crippen LogP contribution in [0.15, 0.2) is 35.6 Å². The number of hydrogen-bond acceptors (Lipinski definition) is 5. The lowest BCUT2D eigenvalue weighted by Gasteiger charge is -2.05. The summed E-state index contributed by atoms with van der Waals surface area (Å²) < 4.78 is 28.3. The second-order valence-corrected chi connectivity index (χ2v) is 5.63. The highest BCUT2D eigenvalue weighted by molar-refractivity contribution is 7.92. The average molecular weight is 281 g/mol. The van der Waals surface area contributed by atoms with Gasteiger partial charge in [-0.3, -0.25) is 14.4 Å². The third-order valence-electron chi connectivity index (χ3n) is 2.43. The maximum Gasteiger partial charge on any atom is 0.267 e. The summed E-state index contributed by atoms with van der Waals surface area (Å²) in [7, 11) is -3.73. The van der Waals surface area contributed by atoms with E-state index in [4.69, 9.17) is 5.73 Å². The van der Waals surface area contributed by atoms with Gasteiger partial charge < -0.3 is 5.73 Å². The first-order chi connectivity index (χ1) is 9.03. The first-order valence-electron chi connectivity index (χ1n) is 5.78.